The smallest absolute Gasteiger partial charge is 0.0152 e. The summed E-state index contributed by atoms with van der Waals surface area (Å²) in [6.07, 6.45) is 1.88. The fourth-order valence-electron chi connectivity index (χ4n) is 0.984. The summed E-state index contributed by atoms with van der Waals surface area (Å²) in [6, 6.07) is 8.41. The highest BCUT2D eigenvalue weighted by Crippen LogP contribution is 2.14. The zero-order valence-electron chi connectivity index (χ0n) is 6.67. The fraction of sp³-hybridized carbons (Fsp3) is 0.333. The average Bonchev–Trinajstić information content (AvgIpc) is 2.07. The lowest BCUT2D eigenvalue weighted by atomic mass is 10.1. The maximum Gasteiger partial charge on any atom is 0.0152 e. The van der Waals surface area contributed by atoms with E-state index in [1.165, 1.54) is 11.1 Å². The molecule has 0 heterocycles. The third-order valence-electron chi connectivity index (χ3n) is 1.71. The van der Waals surface area contributed by atoms with Gasteiger partial charge in [0.1, 0.15) is 0 Å². The van der Waals surface area contributed by atoms with Crippen molar-refractivity contribution in [1.82, 2.24) is 0 Å². The van der Waals surface area contributed by atoms with E-state index in [9.17, 15) is 0 Å². The SMILES string of the molecule is CCc1ccc(CPO)cc1. The minimum absolute atomic E-state index is 0.0327. The van der Waals surface area contributed by atoms with Gasteiger partial charge in [-0.15, -0.1) is 0 Å². The molecular formula is C9H13OP. The molecule has 1 nitrogen and oxygen atoms in total. The van der Waals surface area contributed by atoms with Crippen molar-refractivity contribution >= 4 is 8.81 Å². The van der Waals surface area contributed by atoms with Crippen molar-refractivity contribution < 1.29 is 4.89 Å². The highest BCUT2D eigenvalue weighted by Gasteiger charge is 1.91. The summed E-state index contributed by atoms with van der Waals surface area (Å²) in [5.41, 5.74) is 2.58. The van der Waals surface area contributed by atoms with Gasteiger partial charge in [-0.05, 0) is 17.5 Å². The van der Waals surface area contributed by atoms with Gasteiger partial charge in [-0.2, -0.15) is 0 Å². The number of benzene rings is 1. The molecule has 1 atom stereocenters. The first-order chi connectivity index (χ1) is 5.36. The van der Waals surface area contributed by atoms with Gasteiger partial charge < -0.3 is 4.89 Å². The van der Waals surface area contributed by atoms with Crippen LogP contribution in [0.2, 0.25) is 0 Å². The molecule has 0 fully saturated rings. The second-order valence-corrected chi connectivity index (χ2v) is 3.17. The molecule has 1 aromatic rings. The summed E-state index contributed by atoms with van der Waals surface area (Å²) in [7, 11) is 0.0327. The Labute approximate surface area is 69.3 Å². The van der Waals surface area contributed by atoms with Gasteiger partial charge in [-0.25, -0.2) is 0 Å². The molecule has 2 heteroatoms. The highest BCUT2D eigenvalue weighted by molar-refractivity contribution is 7.30. The van der Waals surface area contributed by atoms with Crippen LogP contribution in [0.5, 0.6) is 0 Å². The van der Waals surface area contributed by atoms with Gasteiger partial charge in [0.05, 0.1) is 0 Å². The largest absolute Gasteiger partial charge is 0.377 e. The van der Waals surface area contributed by atoms with Crippen LogP contribution in [0.15, 0.2) is 24.3 Å². The van der Waals surface area contributed by atoms with E-state index in [2.05, 4.69) is 31.2 Å². The Morgan fingerprint density at radius 3 is 2.18 bits per heavy atom. The van der Waals surface area contributed by atoms with Crippen LogP contribution >= 0.6 is 8.81 Å². The zero-order chi connectivity index (χ0) is 8.10. The summed E-state index contributed by atoms with van der Waals surface area (Å²) in [4.78, 5) is 8.67. The van der Waals surface area contributed by atoms with Crippen LogP contribution < -0.4 is 0 Å². The van der Waals surface area contributed by atoms with Crippen molar-refractivity contribution in [3.8, 4) is 0 Å². The second-order valence-electron chi connectivity index (χ2n) is 2.50. The predicted octanol–water partition coefficient (Wildman–Crippen LogP) is 2.33. The van der Waals surface area contributed by atoms with Crippen LogP contribution in [-0.2, 0) is 12.6 Å². The Bertz CT molecular complexity index is 205. The molecule has 0 saturated heterocycles. The van der Waals surface area contributed by atoms with Gasteiger partial charge in [0.15, 0.2) is 0 Å². The molecule has 60 valence electrons. The molecule has 0 saturated carbocycles. The van der Waals surface area contributed by atoms with Gasteiger partial charge in [0.2, 0.25) is 0 Å². The van der Waals surface area contributed by atoms with E-state index < -0.39 is 0 Å². The van der Waals surface area contributed by atoms with Crippen LogP contribution in [0.25, 0.3) is 0 Å². The first-order valence-electron chi connectivity index (χ1n) is 3.81. The Hall–Kier alpha value is -0.390. The molecule has 1 N–H and O–H groups in total. The third-order valence-corrected chi connectivity index (χ3v) is 2.28. The number of hydrogen-bond donors (Lipinski definition) is 1. The topological polar surface area (TPSA) is 20.2 Å². The lowest BCUT2D eigenvalue weighted by molar-refractivity contribution is 0.644. The van der Waals surface area contributed by atoms with Crippen molar-refractivity contribution in [2.24, 2.45) is 0 Å². The Morgan fingerprint density at radius 2 is 1.73 bits per heavy atom. The molecular weight excluding hydrogens is 155 g/mol. The van der Waals surface area contributed by atoms with Crippen molar-refractivity contribution in [2.75, 3.05) is 0 Å². The first kappa shape index (κ1) is 8.70. The third kappa shape index (κ3) is 2.61. The van der Waals surface area contributed by atoms with Crippen LogP contribution in [0.1, 0.15) is 18.1 Å². The van der Waals surface area contributed by atoms with Crippen molar-refractivity contribution in [1.29, 1.82) is 0 Å². The molecule has 0 aliphatic rings. The monoisotopic (exact) mass is 168 g/mol. The van der Waals surface area contributed by atoms with Crippen molar-refractivity contribution in [2.45, 2.75) is 19.5 Å². The maximum absolute atomic E-state index is 8.67. The van der Waals surface area contributed by atoms with E-state index in [1.807, 2.05) is 0 Å². The van der Waals surface area contributed by atoms with Gasteiger partial charge >= 0.3 is 0 Å². The van der Waals surface area contributed by atoms with Crippen LogP contribution in [0, 0.1) is 0 Å². The number of hydrogen-bond acceptors (Lipinski definition) is 1. The lowest BCUT2D eigenvalue weighted by Crippen LogP contribution is -1.81. The van der Waals surface area contributed by atoms with Crippen molar-refractivity contribution in [3.05, 3.63) is 35.4 Å². The number of rotatable bonds is 3. The first-order valence-corrected chi connectivity index (χ1v) is 4.97. The number of aryl methyl sites for hydroxylation is 1. The lowest BCUT2D eigenvalue weighted by Gasteiger charge is -1.99. The van der Waals surface area contributed by atoms with Crippen LogP contribution in [0.4, 0.5) is 0 Å². The van der Waals surface area contributed by atoms with E-state index in [4.69, 9.17) is 4.89 Å². The molecule has 0 aromatic heterocycles. The summed E-state index contributed by atoms with van der Waals surface area (Å²) in [5, 5.41) is 0. The normalized spacial score (nSPS) is 11.1. The molecule has 1 unspecified atom stereocenters. The van der Waals surface area contributed by atoms with Crippen LogP contribution in [0.3, 0.4) is 0 Å². The van der Waals surface area contributed by atoms with Gasteiger partial charge in [-0.1, -0.05) is 31.2 Å². The summed E-state index contributed by atoms with van der Waals surface area (Å²) in [6.45, 7) is 2.14. The molecule has 0 amide bonds. The molecule has 0 spiro atoms. The predicted molar refractivity (Wildman–Crippen MR) is 50.1 cm³/mol. The van der Waals surface area contributed by atoms with E-state index in [0.29, 0.717) is 0 Å². The Kier molecular flexibility index (Phi) is 3.55. The van der Waals surface area contributed by atoms with E-state index in [0.717, 1.165) is 12.6 Å². The quantitative estimate of drug-likeness (QED) is 0.687. The summed E-state index contributed by atoms with van der Waals surface area (Å²) < 4.78 is 0. The Balaban J connectivity index is 2.66. The molecule has 0 bridgehead atoms. The minimum Gasteiger partial charge on any atom is -0.377 e. The zero-order valence-corrected chi connectivity index (χ0v) is 7.67. The maximum atomic E-state index is 8.67. The Morgan fingerprint density at radius 1 is 1.18 bits per heavy atom. The molecule has 0 aliphatic carbocycles. The van der Waals surface area contributed by atoms with E-state index in [1.54, 1.807) is 0 Å². The van der Waals surface area contributed by atoms with Crippen LogP contribution in [-0.4, -0.2) is 4.89 Å². The molecule has 0 aliphatic heterocycles. The molecule has 1 rings (SSSR count). The van der Waals surface area contributed by atoms with E-state index in [-0.39, 0.29) is 8.81 Å². The fourth-order valence-corrected chi connectivity index (χ4v) is 1.40. The van der Waals surface area contributed by atoms with Gasteiger partial charge in [-0.3, -0.25) is 0 Å². The minimum atomic E-state index is 0.0327. The molecule has 11 heavy (non-hydrogen) atoms. The summed E-state index contributed by atoms with van der Waals surface area (Å²) >= 11 is 0. The average molecular weight is 168 g/mol. The molecule has 1 aromatic carbocycles. The standard InChI is InChI=1S/C9H13OP/c1-2-8-3-5-9(6-4-8)7-11-10/h3-6,10-11H,2,7H2,1H3. The van der Waals surface area contributed by atoms with E-state index >= 15 is 0 Å². The summed E-state index contributed by atoms with van der Waals surface area (Å²) in [5.74, 6) is 0. The second kappa shape index (κ2) is 4.48. The molecule has 0 radical (unpaired) electrons. The van der Waals surface area contributed by atoms with Gasteiger partial charge in [0, 0.05) is 15.0 Å². The highest BCUT2D eigenvalue weighted by atomic mass is 31.1. The van der Waals surface area contributed by atoms with Crippen molar-refractivity contribution in [3.63, 3.8) is 0 Å². The van der Waals surface area contributed by atoms with Gasteiger partial charge in [0.25, 0.3) is 0 Å².